The summed E-state index contributed by atoms with van der Waals surface area (Å²) in [6.45, 7) is 2.98. The summed E-state index contributed by atoms with van der Waals surface area (Å²) in [5.74, 6) is -0.000452. The van der Waals surface area contributed by atoms with Crippen molar-refractivity contribution in [1.82, 2.24) is 4.90 Å². The summed E-state index contributed by atoms with van der Waals surface area (Å²) in [7, 11) is 1.84. The number of hydrogen-bond acceptors (Lipinski definition) is 2. The van der Waals surface area contributed by atoms with Gasteiger partial charge in [0, 0.05) is 25.2 Å². The van der Waals surface area contributed by atoms with Crippen LogP contribution < -0.4 is 5.73 Å². The lowest BCUT2D eigenvalue weighted by Gasteiger charge is -2.18. The standard InChI is InChI=1S/C29H41F3N2O/c1-3-4-5-6-7-8-9-10-11-12-21-34(2)28(35)25-15-13-23(14-16-25)22-27(33)24-17-19-26(20-18-24)29(30,31)32/h13-20,27H,3-12,21-22,33H2,1-2H3. The van der Waals surface area contributed by atoms with Crippen LogP contribution in [0.5, 0.6) is 0 Å². The third-order valence-corrected chi connectivity index (χ3v) is 6.52. The minimum absolute atomic E-state index is 0.000452. The number of nitrogens with two attached hydrogens (primary N) is 1. The molecule has 2 N–H and O–H groups in total. The molecule has 0 radical (unpaired) electrons. The van der Waals surface area contributed by atoms with E-state index in [0.29, 0.717) is 17.5 Å². The summed E-state index contributed by atoms with van der Waals surface area (Å²) in [6.07, 6.45) is 8.78. The molecule has 0 bridgehead atoms. The Morgan fingerprint density at radius 3 is 1.86 bits per heavy atom. The van der Waals surface area contributed by atoms with Crippen molar-refractivity contribution >= 4 is 5.91 Å². The maximum absolute atomic E-state index is 12.7. The Morgan fingerprint density at radius 2 is 1.34 bits per heavy atom. The number of alkyl halides is 3. The van der Waals surface area contributed by atoms with Crippen molar-refractivity contribution in [1.29, 1.82) is 0 Å². The first kappa shape index (κ1) is 28.9. The molecule has 1 amide bonds. The number of carbonyl (C=O) groups excluding carboxylic acids is 1. The fourth-order valence-electron chi connectivity index (χ4n) is 4.23. The first-order valence-corrected chi connectivity index (χ1v) is 13.0. The van der Waals surface area contributed by atoms with E-state index in [1.165, 1.54) is 63.5 Å². The molecular formula is C29H41F3N2O. The second kappa shape index (κ2) is 14.9. The molecule has 35 heavy (non-hydrogen) atoms. The second-order valence-electron chi connectivity index (χ2n) is 9.54. The fraction of sp³-hybridized carbons (Fsp3) is 0.552. The van der Waals surface area contributed by atoms with Gasteiger partial charge in [-0.25, -0.2) is 0 Å². The maximum Gasteiger partial charge on any atom is 0.416 e. The van der Waals surface area contributed by atoms with Crippen molar-refractivity contribution in [2.75, 3.05) is 13.6 Å². The number of unbranched alkanes of at least 4 members (excludes halogenated alkanes) is 9. The molecule has 1 atom stereocenters. The zero-order chi connectivity index (χ0) is 25.7. The van der Waals surface area contributed by atoms with Gasteiger partial charge < -0.3 is 10.6 Å². The Kier molecular flexibility index (Phi) is 12.3. The average molecular weight is 491 g/mol. The largest absolute Gasteiger partial charge is 0.416 e. The van der Waals surface area contributed by atoms with Crippen LogP contribution in [-0.4, -0.2) is 24.4 Å². The summed E-state index contributed by atoms with van der Waals surface area (Å²) < 4.78 is 38.2. The Balaban J connectivity index is 1.71. The summed E-state index contributed by atoms with van der Waals surface area (Å²) >= 11 is 0. The molecule has 2 aromatic carbocycles. The minimum atomic E-state index is -4.36. The molecule has 0 aliphatic heterocycles. The van der Waals surface area contributed by atoms with E-state index in [0.717, 1.165) is 37.1 Å². The van der Waals surface area contributed by atoms with Crippen LogP contribution in [0.25, 0.3) is 0 Å². The molecule has 3 nitrogen and oxygen atoms in total. The Hall–Kier alpha value is -2.34. The maximum atomic E-state index is 12.7. The molecular weight excluding hydrogens is 449 g/mol. The summed E-state index contributed by atoms with van der Waals surface area (Å²) in [5.41, 5.74) is 7.73. The van der Waals surface area contributed by atoms with E-state index in [-0.39, 0.29) is 5.91 Å². The van der Waals surface area contributed by atoms with E-state index in [9.17, 15) is 18.0 Å². The van der Waals surface area contributed by atoms with Crippen LogP contribution in [0.1, 0.15) is 104 Å². The van der Waals surface area contributed by atoms with Gasteiger partial charge in [0.25, 0.3) is 5.91 Å². The topological polar surface area (TPSA) is 46.3 Å². The van der Waals surface area contributed by atoms with Gasteiger partial charge in [-0.1, -0.05) is 89.0 Å². The Morgan fingerprint density at radius 1 is 0.829 bits per heavy atom. The lowest BCUT2D eigenvalue weighted by Crippen LogP contribution is -2.27. The van der Waals surface area contributed by atoms with Crippen LogP contribution in [0, 0.1) is 0 Å². The summed E-state index contributed by atoms with van der Waals surface area (Å²) in [5, 5.41) is 0. The van der Waals surface area contributed by atoms with Crippen molar-refractivity contribution in [2.24, 2.45) is 5.73 Å². The molecule has 194 valence electrons. The minimum Gasteiger partial charge on any atom is -0.342 e. The SMILES string of the molecule is CCCCCCCCCCCCN(C)C(=O)c1ccc(CC(N)c2ccc(C(F)(F)F)cc2)cc1. The number of halogens is 3. The molecule has 6 heteroatoms. The monoisotopic (exact) mass is 490 g/mol. The molecule has 0 aliphatic carbocycles. The van der Waals surface area contributed by atoms with Gasteiger partial charge in [-0.15, -0.1) is 0 Å². The molecule has 2 aromatic rings. The van der Waals surface area contributed by atoms with Crippen molar-refractivity contribution in [2.45, 2.75) is 89.8 Å². The predicted molar refractivity (Wildman–Crippen MR) is 137 cm³/mol. The molecule has 1 unspecified atom stereocenters. The van der Waals surface area contributed by atoms with Crippen molar-refractivity contribution in [3.63, 3.8) is 0 Å². The highest BCUT2D eigenvalue weighted by atomic mass is 19.4. The molecule has 2 rings (SSSR count). The van der Waals surface area contributed by atoms with E-state index in [4.69, 9.17) is 5.73 Å². The molecule has 0 heterocycles. The van der Waals surface area contributed by atoms with Crippen molar-refractivity contribution < 1.29 is 18.0 Å². The lowest BCUT2D eigenvalue weighted by molar-refractivity contribution is -0.137. The van der Waals surface area contributed by atoms with Crippen LogP contribution in [0.15, 0.2) is 48.5 Å². The second-order valence-corrected chi connectivity index (χ2v) is 9.54. The average Bonchev–Trinajstić information content (AvgIpc) is 2.84. The van der Waals surface area contributed by atoms with Gasteiger partial charge in [0.05, 0.1) is 5.56 Å². The predicted octanol–water partition coefficient (Wildman–Crippen LogP) is 7.94. The molecule has 0 aromatic heterocycles. The van der Waals surface area contributed by atoms with Gasteiger partial charge in [-0.2, -0.15) is 13.2 Å². The van der Waals surface area contributed by atoms with Crippen LogP contribution >= 0.6 is 0 Å². The molecule has 0 saturated carbocycles. The highest BCUT2D eigenvalue weighted by Crippen LogP contribution is 2.30. The number of nitrogens with zero attached hydrogens (tertiary/aromatic N) is 1. The van der Waals surface area contributed by atoms with E-state index in [1.807, 2.05) is 19.2 Å². The van der Waals surface area contributed by atoms with Crippen LogP contribution in [0.2, 0.25) is 0 Å². The van der Waals surface area contributed by atoms with Crippen molar-refractivity contribution in [3.8, 4) is 0 Å². The van der Waals surface area contributed by atoms with Gasteiger partial charge in [0.2, 0.25) is 0 Å². The van der Waals surface area contributed by atoms with Crippen LogP contribution in [-0.2, 0) is 12.6 Å². The first-order chi connectivity index (χ1) is 16.7. The van der Waals surface area contributed by atoms with E-state index in [2.05, 4.69) is 6.92 Å². The van der Waals surface area contributed by atoms with Crippen molar-refractivity contribution in [3.05, 3.63) is 70.8 Å². The smallest absolute Gasteiger partial charge is 0.342 e. The quantitative estimate of drug-likeness (QED) is 0.258. The van der Waals surface area contributed by atoms with Crippen LogP contribution in [0.4, 0.5) is 13.2 Å². The normalized spacial score (nSPS) is 12.5. The van der Waals surface area contributed by atoms with E-state index in [1.54, 1.807) is 17.0 Å². The fourth-order valence-corrected chi connectivity index (χ4v) is 4.23. The van der Waals surface area contributed by atoms with E-state index >= 15 is 0 Å². The Bertz CT molecular complexity index is 863. The lowest BCUT2D eigenvalue weighted by atomic mass is 9.98. The molecule has 0 spiro atoms. The van der Waals surface area contributed by atoms with Crippen LogP contribution in [0.3, 0.4) is 0 Å². The zero-order valence-corrected chi connectivity index (χ0v) is 21.2. The molecule has 0 aliphatic rings. The number of carbonyl (C=O) groups is 1. The molecule has 0 fully saturated rings. The third kappa shape index (κ3) is 10.4. The number of amides is 1. The van der Waals surface area contributed by atoms with Gasteiger partial charge in [0.1, 0.15) is 0 Å². The number of rotatable bonds is 15. The molecule has 0 saturated heterocycles. The van der Waals surface area contributed by atoms with Gasteiger partial charge >= 0.3 is 6.18 Å². The summed E-state index contributed by atoms with van der Waals surface area (Å²) in [6, 6.07) is 11.9. The van der Waals surface area contributed by atoms with Gasteiger partial charge in [-0.3, -0.25) is 4.79 Å². The first-order valence-electron chi connectivity index (χ1n) is 13.0. The Labute approximate surface area is 208 Å². The number of hydrogen-bond donors (Lipinski definition) is 1. The zero-order valence-electron chi connectivity index (χ0n) is 21.2. The van der Waals surface area contributed by atoms with E-state index < -0.39 is 17.8 Å². The highest BCUT2D eigenvalue weighted by Gasteiger charge is 2.30. The van der Waals surface area contributed by atoms with Gasteiger partial charge in [0.15, 0.2) is 0 Å². The highest BCUT2D eigenvalue weighted by molar-refractivity contribution is 5.94. The third-order valence-electron chi connectivity index (χ3n) is 6.52. The summed E-state index contributed by atoms with van der Waals surface area (Å²) in [4.78, 5) is 14.5. The number of benzene rings is 2. The van der Waals surface area contributed by atoms with Gasteiger partial charge in [-0.05, 0) is 48.2 Å².